The molecule has 0 saturated heterocycles. The number of fused-ring (bicyclic) bond motifs is 1. The molecule has 1 aromatic heterocycles. The van der Waals surface area contributed by atoms with E-state index in [9.17, 15) is 19.5 Å². The Balaban J connectivity index is 2.18. The maximum absolute atomic E-state index is 12.2. The first kappa shape index (κ1) is 19.5. The molecule has 0 aliphatic heterocycles. The van der Waals surface area contributed by atoms with Crippen LogP contribution in [-0.4, -0.2) is 24.0 Å². The van der Waals surface area contributed by atoms with Gasteiger partial charge in [0.15, 0.2) is 6.10 Å². The summed E-state index contributed by atoms with van der Waals surface area (Å²) in [6, 6.07) is 5.32. The number of amides is 1. The van der Waals surface area contributed by atoms with Crippen LogP contribution in [0.1, 0.15) is 33.3 Å². The largest absolute Gasteiger partial charge is 0.548 e. The molecule has 0 unspecified atom stereocenters. The maximum Gasteiger partial charge on any atom is 0.336 e. The van der Waals surface area contributed by atoms with Crippen molar-refractivity contribution in [2.24, 2.45) is 5.92 Å². The summed E-state index contributed by atoms with van der Waals surface area (Å²) in [7, 11) is 0. The highest BCUT2D eigenvalue weighted by Gasteiger charge is 2.22. The number of carbonyl (C=O) groups is 2. The molecule has 1 N–H and O–H groups in total. The first-order valence-electron chi connectivity index (χ1n) is 8.47. The van der Waals surface area contributed by atoms with E-state index in [0.717, 1.165) is 10.9 Å². The van der Waals surface area contributed by atoms with E-state index in [1.54, 1.807) is 32.0 Å². The quantitative estimate of drug-likeness (QED) is 0.738. The molecule has 140 valence electrons. The Bertz CT molecular complexity index is 870. The number of nitrogens with one attached hydrogen (secondary N) is 1. The third-order valence-electron chi connectivity index (χ3n) is 4.08. The molecule has 7 nitrogen and oxygen atoms in total. The minimum absolute atomic E-state index is 0.321. The Morgan fingerprint density at radius 1 is 1.23 bits per heavy atom. The lowest BCUT2D eigenvalue weighted by molar-refractivity contribution is -0.309. The lowest BCUT2D eigenvalue weighted by Gasteiger charge is -2.25. The zero-order valence-electron chi connectivity index (χ0n) is 15.2. The lowest BCUT2D eigenvalue weighted by Crippen LogP contribution is -2.53. The van der Waals surface area contributed by atoms with Gasteiger partial charge in [-0.1, -0.05) is 20.8 Å². The molecule has 2 rings (SSSR count). The highest BCUT2D eigenvalue weighted by atomic mass is 16.5. The number of ether oxygens (including phenoxy) is 1. The van der Waals surface area contributed by atoms with Crippen molar-refractivity contribution in [3.8, 4) is 5.75 Å². The molecule has 2 atom stereocenters. The Labute approximate surface area is 151 Å². The molecule has 7 heteroatoms. The number of carboxylic acid groups (broad SMARTS) is 1. The van der Waals surface area contributed by atoms with Crippen molar-refractivity contribution >= 4 is 22.8 Å². The van der Waals surface area contributed by atoms with Gasteiger partial charge in [0.2, 0.25) is 0 Å². The normalized spacial score (nSPS) is 13.4. The average molecular weight is 360 g/mol. The highest BCUT2D eigenvalue weighted by molar-refractivity contribution is 5.86. The van der Waals surface area contributed by atoms with Gasteiger partial charge >= 0.3 is 5.63 Å². The van der Waals surface area contributed by atoms with Crippen LogP contribution >= 0.6 is 0 Å². The van der Waals surface area contributed by atoms with E-state index < -0.39 is 29.6 Å². The zero-order chi connectivity index (χ0) is 19.4. The number of hydrogen-bond donors (Lipinski definition) is 1. The molecule has 1 aromatic carbocycles. The Morgan fingerprint density at radius 3 is 2.50 bits per heavy atom. The van der Waals surface area contributed by atoms with Crippen LogP contribution in [-0.2, 0) is 16.0 Å². The average Bonchev–Trinajstić information content (AvgIpc) is 2.57. The zero-order valence-corrected chi connectivity index (χ0v) is 15.2. The summed E-state index contributed by atoms with van der Waals surface area (Å²) in [4.78, 5) is 34.9. The molecule has 0 aliphatic carbocycles. The number of aryl methyl sites for hydroxylation is 1. The van der Waals surface area contributed by atoms with Crippen LogP contribution < -0.4 is 20.8 Å². The number of carbonyl (C=O) groups excluding carboxylic acids is 2. The Hall–Kier alpha value is -2.83. The van der Waals surface area contributed by atoms with Crippen molar-refractivity contribution in [1.29, 1.82) is 0 Å². The number of benzene rings is 1. The van der Waals surface area contributed by atoms with Crippen LogP contribution in [0.5, 0.6) is 5.75 Å². The van der Waals surface area contributed by atoms with Gasteiger partial charge in [-0.15, -0.1) is 0 Å². The molecule has 2 aromatic rings. The standard InChI is InChI=1S/C19H23NO6/c1-5-12-8-16(21)26-15-9-13(6-7-14(12)15)25-11(4)18(22)20-17(10(2)3)19(23)24/h6-11,17H,5H2,1-4H3,(H,20,22)(H,23,24)/p-1/t11-,17-/m0/s1. The summed E-state index contributed by atoms with van der Waals surface area (Å²) in [5.41, 5.74) is 0.780. The Kier molecular flexibility index (Phi) is 6.02. The van der Waals surface area contributed by atoms with Crippen LogP contribution in [0, 0.1) is 5.92 Å². The van der Waals surface area contributed by atoms with E-state index in [1.165, 1.54) is 13.0 Å². The van der Waals surface area contributed by atoms with E-state index in [1.807, 2.05) is 6.92 Å². The monoisotopic (exact) mass is 360 g/mol. The second-order valence-electron chi connectivity index (χ2n) is 6.41. The van der Waals surface area contributed by atoms with Crippen molar-refractivity contribution in [3.63, 3.8) is 0 Å². The molecule has 0 saturated carbocycles. The van der Waals surface area contributed by atoms with Gasteiger partial charge in [-0.3, -0.25) is 4.79 Å². The predicted octanol–water partition coefficient (Wildman–Crippen LogP) is 1.01. The number of hydrogen-bond acceptors (Lipinski definition) is 6. The first-order chi connectivity index (χ1) is 12.2. The maximum atomic E-state index is 12.2. The van der Waals surface area contributed by atoms with E-state index in [0.29, 0.717) is 17.8 Å². The van der Waals surface area contributed by atoms with Crippen LogP contribution in [0.2, 0.25) is 0 Å². The third kappa shape index (κ3) is 4.41. The molecule has 0 aliphatic rings. The van der Waals surface area contributed by atoms with Gasteiger partial charge in [0.05, 0.1) is 12.0 Å². The molecule has 0 spiro atoms. The number of rotatable bonds is 7. The van der Waals surface area contributed by atoms with Gasteiger partial charge < -0.3 is 24.4 Å². The molecule has 1 heterocycles. The van der Waals surface area contributed by atoms with E-state index >= 15 is 0 Å². The fourth-order valence-electron chi connectivity index (χ4n) is 2.60. The summed E-state index contributed by atoms with van der Waals surface area (Å²) in [5.74, 6) is -1.90. The minimum atomic E-state index is -1.35. The fraction of sp³-hybridized carbons (Fsp3) is 0.421. The number of carboxylic acids is 1. The summed E-state index contributed by atoms with van der Waals surface area (Å²) in [6.07, 6.45) is -0.255. The lowest BCUT2D eigenvalue weighted by atomic mass is 10.0. The van der Waals surface area contributed by atoms with Crippen LogP contribution in [0.25, 0.3) is 11.0 Å². The highest BCUT2D eigenvalue weighted by Crippen LogP contribution is 2.23. The van der Waals surface area contributed by atoms with E-state index in [-0.39, 0.29) is 5.92 Å². The van der Waals surface area contributed by atoms with Crippen molar-refractivity contribution in [2.75, 3.05) is 0 Å². The fourth-order valence-corrected chi connectivity index (χ4v) is 2.60. The van der Waals surface area contributed by atoms with Crippen LogP contribution in [0.4, 0.5) is 0 Å². The molecule has 1 amide bonds. The van der Waals surface area contributed by atoms with Gasteiger partial charge in [0.25, 0.3) is 5.91 Å². The van der Waals surface area contributed by atoms with Crippen molar-refractivity contribution < 1.29 is 23.8 Å². The summed E-state index contributed by atoms with van der Waals surface area (Å²) in [6.45, 7) is 6.78. The van der Waals surface area contributed by atoms with Crippen molar-refractivity contribution in [1.82, 2.24) is 5.32 Å². The molecule has 0 fully saturated rings. The molecule has 0 bridgehead atoms. The minimum Gasteiger partial charge on any atom is -0.548 e. The second-order valence-corrected chi connectivity index (χ2v) is 6.41. The molecule has 26 heavy (non-hydrogen) atoms. The summed E-state index contributed by atoms with van der Waals surface area (Å²) < 4.78 is 10.8. The third-order valence-corrected chi connectivity index (χ3v) is 4.08. The van der Waals surface area contributed by atoms with Gasteiger partial charge in [0, 0.05) is 17.5 Å². The smallest absolute Gasteiger partial charge is 0.336 e. The van der Waals surface area contributed by atoms with Crippen LogP contribution in [0.3, 0.4) is 0 Å². The van der Waals surface area contributed by atoms with E-state index in [4.69, 9.17) is 9.15 Å². The summed E-state index contributed by atoms with van der Waals surface area (Å²) >= 11 is 0. The Morgan fingerprint density at radius 2 is 1.92 bits per heavy atom. The molecular formula is C19H22NO6-. The van der Waals surface area contributed by atoms with Crippen molar-refractivity contribution in [3.05, 3.63) is 40.2 Å². The number of aliphatic carboxylic acids is 1. The van der Waals surface area contributed by atoms with Gasteiger partial charge in [-0.2, -0.15) is 0 Å². The first-order valence-corrected chi connectivity index (χ1v) is 8.47. The molecular weight excluding hydrogens is 338 g/mol. The van der Waals surface area contributed by atoms with Crippen molar-refractivity contribution in [2.45, 2.75) is 46.3 Å². The SMILES string of the molecule is CCc1cc(=O)oc2cc(O[C@@H](C)C(=O)N[C@H](C(=O)[O-])C(C)C)ccc12. The summed E-state index contributed by atoms with van der Waals surface area (Å²) in [5, 5.41) is 14.3. The van der Waals surface area contributed by atoms with Gasteiger partial charge in [-0.25, -0.2) is 4.79 Å². The van der Waals surface area contributed by atoms with Crippen LogP contribution in [0.15, 0.2) is 33.5 Å². The second kappa shape index (κ2) is 8.03. The van der Waals surface area contributed by atoms with E-state index in [2.05, 4.69) is 5.32 Å². The molecule has 0 radical (unpaired) electrons. The topological polar surface area (TPSA) is 109 Å². The predicted molar refractivity (Wildman–Crippen MR) is 93.7 cm³/mol. The van der Waals surface area contributed by atoms with Gasteiger partial charge in [0.1, 0.15) is 11.3 Å². The van der Waals surface area contributed by atoms with Gasteiger partial charge in [-0.05, 0) is 37.0 Å².